The van der Waals surface area contributed by atoms with E-state index in [0.717, 1.165) is 55.7 Å². The Kier molecular flexibility index (Phi) is 13.6. The molecule has 0 aliphatic heterocycles. The van der Waals surface area contributed by atoms with E-state index in [9.17, 15) is 0 Å². The highest BCUT2D eigenvalue weighted by Crippen LogP contribution is 2.51. The highest BCUT2D eigenvalue weighted by Gasteiger charge is 2.36. The number of hydrogen-bond acceptors (Lipinski definition) is 3. The smallest absolute Gasteiger partial charge is 0.160 e. The topological polar surface area (TPSA) is 38.7 Å². The molecule has 3 heteroatoms. The molecule has 0 spiro atoms. The Morgan fingerprint density at radius 2 is 0.634 bits per heavy atom. The van der Waals surface area contributed by atoms with Crippen LogP contribution >= 0.6 is 0 Å². The van der Waals surface area contributed by atoms with Crippen LogP contribution in [0.4, 0.5) is 0 Å². The van der Waals surface area contributed by atoms with Crippen LogP contribution in [-0.2, 0) is 5.41 Å². The van der Waals surface area contributed by atoms with Gasteiger partial charge >= 0.3 is 0 Å². The third-order valence-electron chi connectivity index (χ3n) is 19.1. The van der Waals surface area contributed by atoms with Gasteiger partial charge in [-0.05, 0) is 176 Å². The van der Waals surface area contributed by atoms with Gasteiger partial charge in [-0.2, -0.15) is 0 Å². The van der Waals surface area contributed by atoms with Crippen molar-refractivity contribution in [3.63, 3.8) is 0 Å². The second kappa shape index (κ2) is 22.8. The van der Waals surface area contributed by atoms with E-state index in [0.29, 0.717) is 0 Å². The number of rotatable bonds is 8. The molecule has 3 nitrogen and oxygen atoms in total. The third kappa shape index (κ3) is 9.99. The minimum atomic E-state index is -0.132. The fourth-order valence-corrected chi connectivity index (χ4v) is 14.3. The van der Waals surface area contributed by atoms with Gasteiger partial charge in [0.25, 0.3) is 0 Å². The van der Waals surface area contributed by atoms with Crippen LogP contribution in [0, 0.1) is 0 Å². The number of hydrogen-bond donors (Lipinski definition) is 0. The maximum Gasteiger partial charge on any atom is 0.160 e. The van der Waals surface area contributed by atoms with Gasteiger partial charge in [0, 0.05) is 32.9 Å². The number of nitrogens with zero attached hydrogens (tertiary/aromatic N) is 3. The number of aromatic nitrogens is 3. The minimum absolute atomic E-state index is 0.132. The molecule has 0 atom stereocenters. The summed E-state index contributed by atoms with van der Waals surface area (Å²) in [6.07, 6.45) is 0. The Hall–Kier alpha value is -11.9. The van der Waals surface area contributed by atoms with Gasteiger partial charge in [0.05, 0.1) is 22.4 Å². The van der Waals surface area contributed by atoms with Gasteiger partial charge in [0.1, 0.15) is 0 Å². The van der Waals surface area contributed by atoms with Gasteiger partial charge in [-0.1, -0.05) is 293 Å². The summed E-state index contributed by atoms with van der Waals surface area (Å²) >= 11 is 0. The first-order valence-electron chi connectivity index (χ1n) is 32.0. The summed E-state index contributed by atoms with van der Waals surface area (Å²) in [6.45, 7) is 4.68. The second-order valence-corrected chi connectivity index (χ2v) is 25.0. The van der Waals surface area contributed by atoms with E-state index in [-0.39, 0.29) is 5.41 Å². The molecule has 0 saturated carbocycles. The minimum Gasteiger partial charge on any atom is -0.248 e. The zero-order chi connectivity index (χ0) is 62.0. The van der Waals surface area contributed by atoms with Crippen molar-refractivity contribution in [3.05, 3.63) is 345 Å². The fourth-order valence-electron chi connectivity index (χ4n) is 14.3. The molecule has 1 aliphatic rings. The Morgan fingerprint density at radius 1 is 0.215 bits per heavy atom. The van der Waals surface area contributed by atoms with Crippen LogP contribution in [0.15, 0.2) is 334 Å². The molecule has 0 unspecified atom stereocenters. The van der Waals surface area contributed by atoms with Crippen molar-refractivity contribution in [2.24, 2.45) is 0 Å². The van der Waals surface area contributed by atoms with E-state index in [1.54, 1.807) is 0 Å². The standard InChI is InChI=1S/C45H30N2.C45H31N/c1-45(2)40-26-30(20-22-36(40)39-23-27-11-3-4-12-28(27)25-41(39)45)44-46-42-18-10-9-17-37(42)43(47-44)29-19-21-35-33-15-6-5-13-31(33)32-14-7-8-16-34(32)38(35)24-29;1-3-11-32(12-4-1)38-15-9-17-40(29-38)34-21-25-36(26-22-34)43-31-45(46-44-20-8-7-19-42(43)44)37-27-23-35(24-28-37)41-18-10-16-39(30-41)33-13-5-2-6-14-33/h3-26H,1-2H3;1-31H. The largest absolute Gasteiger partial charge is 0.248 e. The summed E-state index contributed by atoms with van der Waals surface area (Å²) in [5, 5.41) is 12.4. The Morgan fingerprint density at radius 3 is 1.23 bits per heavy atom. The predicted molar refractivity (Wildman–Crippen MR) is 392 cm³/mol. The molecule has 0 radical (unpaired) electrons. The average Bonchev–Trinajstić information content (AvgIpc) is 1.76. The maximum atomic E-state index is 5.35. The summed E-state index contributed by atoms with van der Waals surface area (Å²) in [6, 6.07) is 120. The lowest BCUT2D eigenvalue weighted by Crippen LogP contribution is -2.15. The van der Waals surface area contributed by atoms with Crippen molar-refractivity contribution in [1.82, 2.24) is 15.0 Å². The lowest BCUT2D eigenvalue weighted by atomic mass is 9.81. The van der Waals surface area contributed by atoms with Gasteiger partial charge in [0.2, 0.25) is 0 Å². The van der Waals surface area contributed by atoms with Crippen molar-refractivity contribution in [2.75, 3.05) is 0 Å². The van der Waals surface area contributed by atoms with Crippen LogP contribution in [-0.4, -0.2) is 15.0 Å². The first-order chi connectivity index (χ1) is 45.8. The van der Waals surface area contributed by atoms with E-state index < -0.39 is 0 Å². The van der Waals surface area contributed by atoms with Gasteiger partial charge in [-0.3, -0.25) is 0 Å². The van der Waals surface area contributed by atoms with Crippen LogP contribution in [0.2, 0.25) is 0 Å². The van der Waals surface area contributed by atoms with E-state index in [4.69, 9.17) is 15.0 Å². The number of benzene rings is 15. The fraction of sp³-hybridized carbons (Fsp3) is 0.0333. The zero-order valence-electron chi connectivity index (χ0n) is 51.6. The first kappa shape index (κ1) is 55.2. The van der Waals surface area contributed by atoms with E-state index in [2.05, 4.69) is 347 Å². The monoisotopic (exact) mass is 1180 g/mol. The molecule has 2 heterocycles. The molecule has 0 N–H and O–H groups in total. The summed E-state index contributed by atoms with van der Waals surface area (Å²) in [5.74, 6) is 0.752. The lowest BCUT2D eigenvalue weighted by Gasteiger charge is -2.22. The Bertz CT molecular complexity index is 5720. The van der Waals surface area contributed by atoms with Crippen molar-refractivity contribution < 1.29 is 0 Å². The molecule has 0 saturated heterocycles. The van der Waals surface area contributed by atoms with Gasteiger partial charge in [0.15, 0.2) is 5.82 Å². The molecule has 2 aromatic heterocycles. The molecular formula is C90H61N3. The Balaban J connectivity index is 0.000000142. The molecule has 18 rings (SSSR count). The Labute approximate surface area is 541 Å². The summed E-state index contributed by atoms with van der Waals surface area (Å²) in [4.78, 5) is 15.6. The van der Waals surface area contributed by atoms with Crippen LogP contribution in [0.3, 0.4) is 0 Å². The number of fused-ring (bicyclic) bond motifs is 12. The molecule has 436 valence electrons. The SMILES string of the molecule is CC1(C)c2cc(-c3nc(-c4ccc5c6ccccc6c6ccccc6c5c4)c4ccccc4n3)ccc2-c2cc3ccccc3cc21.c1ccc(-c2cccc(-c3ccc(-c4cc(-c5ccc(-c6cccc(-c7ccccc7)c6)cc5)c5ccccc5n4)cc3)c2)cc1. The molecule has 0 fully saturated rings. The summed E-state index contributed by atoms with van der Waals surface area (Å²) in [5.41, 5.74) is 24.4. The molecule has 15 aromatic carbocycles. The molecule has 1 aliphatic carbocycles. The van der Waals surface area contributed by atoms with Crippen LogP contribution in [0.25, 0.3) is 166 Å². The van der Waals surface area contributed by atoms with Gasteiger partial charge in [-0.25, -0.2) is 15.0 Å². The third-order valence-corrected chi connectivity index (χ3v) is 19.1. The predicted octanol–water partition coefficient (Wildman–Crippen LogP) is 24.1. The van der Waals surface area contributed by atoms with Crippen molar-refractivity contribution in [1.29, 1.82) is 0 Å². The van der Waals surface area contributed by atoms with Crippen LogP contribution in [0.5, 0.6) is 0 Å². The average molecular weight is 1180 g/mol. The highest BCUT2D eigenvalue weighted by atomic mass is 14.9. The van der Waals surface area contributed by atoms with Gasteiger partial charge in [-0.15, -0.1) is 0 Å². The van der Waals surface area contributed by atoms with E-state index in [1.165, 1.54) is 121 Å². The number of pyridine rings is 1. The lowest BCUT2D eigenvalue weighted by molar-refractivity contribution is 0.661. The van der Waals surface area contributed by atoms with E-state index >= 15 is 0 Å². The molecular weight excluding hydrogens is 1120 g/mol. The second-order valence-electron chi connectivity index (χ2n) is 25.0. The molecule has 0 amide bonds. The normalized spacial score (nSPS) is 12.3. The highest BCUT2D eigenvalue weighted by molar-refractivity contribution is 6.26. The van der Waals surface area contributed by atoms with Crippen LogP contribution in [0.1, 0.15) is 25.0 Å². The maximum absolute atomic E-state index is 5.35. The van der Waals surface area contributed by atoms with Crippen molar-refractivity contribution in [2.45, 2.75) is 19.3 Å². The van der Waals surface area contributed by atoms with E-state index in [1.807, 2.05) is 0 Å². The zero-order valence-corrected chi connectivity index (χ0v) is 51.6. The molecule has 17 aromatic rings. The van der Waals surface area contributed by atoms with Gasteiger partial charge < -0.3 is 0 Å². The summed E-state index contributed by atoms with van der Waals surface area (Å²) in [7, 11) is 0. The van der Waals surface area contributed by atoms with Crippen molar-refractivity contribution in [3.8, 4) is 101 Å². The van der Waals surface area contributed by atoms with Crippen molar-refractivity contribution >= 4 is 64.9 Å². The molecule has 93 heavy (non-hydrogen) atoms. The summed E-state index contributed by atoms with van der Waals surface area (Å²) < 4.78 is 0. The number of para-hydroxylation sites is 2. The molecule has 0 bridgehead atoms. The quantitative estimate of drug-likeness (QED) is 0.142. The first-order valence-corrected chi connectivity index (χ1v) is 32.0. The van der Waals surface area contributed by atoms with Crippen LogP contribution < -0.4 is 0 Å².